The van der Waals surface area contributed by atoms with E-state index in [2.05, 4.69) is 0 Å². The molecule has 2 nitrogen and oxygen atoms in total. The molecule has 1 atom stereocenters. The lowest BCUT2D eigenvalue weighted by molar-refractivity contribution is -0.151. The smallest absolute Gasteiger partial charge is 0.395 e. The second-order valence-corrected chi connectivity index (χ2v) is 6.33. The van der Waals surface area contributed by atoms with Gasteiger partial charge in [0.05, 0.1) is 11.5 Å². The molecule has 0 bridgehead atoms. The lowest BCUT2D eigenvalue weighted by atomic mass is 9.91. The van der Waals surface area contributed by atoms with E-state index in [9.17, 15) is 22.4 Å². The first-order valence-electron chi connectivity index (χ1n) is 7.12. The summed E-state index contributed by atoms with van der Waals surface area (Å²) in [7, 11) is 0. The molecule has 0 amide bonds. The van der Waals surface area contributed by atoms with Crippen LogP contribution in [-0.4, -0.2) is 17.3 Å². The molecule has 1 N–H and O–H groups in total. The first-order valence-corrected chi connectivity index (χ1v) is 7.88. The predicted molar refractivity (Wildman–Crippen MR) is 86.9 cm³/mol. The van der Waals surface area contributed by atoms with Crippen LogP contribution in [-0.2, 0) is 6.42 Å². The molecule has 0 saturated heterocycles. The zero-order chi connectivity index (χ0) is 18.8. The van der Waals surface area contributed by atoms with Crippen molar-refractivity contribution >= 4 is 29.2 Å². The third kappa shape index (κ3) is 5.09. The van der Waals surface area contributed by atoms with E-state index in [-0.39, 0.29) is 34.0 Å². The summed E-state index contributed by atoms with van der Waals surface area (Å²) >= 11 is 11.5. The van der Waals surface area contributed by atoms with Gasteiger partial charge in [-0.2, -0.15) is 13.2 Å². The summed E-state index contributed by atoms with van der Waals surface area (Å²) in [5.41, 5.74) is -0.338. The van der Waals surface area contributed by atoms with E-state index in [0.29, 0.717) is 0 Å². The molecule has 0 fully saturated rings. The minimum absolute atomic E-state index is 0.0763. The Kier molecular flexibility index (Phi) is 5.95. The summed E-state index contributed by atoms with van der Waals surface area (Å²) in [5.74, 6) is -4.25. The average molecular weight is 395 g/mol. The van der Waals surface area contributed by atoms with E-state index in [1.54, 1.807) is 0 Å². The van der Waals surface area contributed by atoms with E-state index in [4.69, 9.17) is 28.3 Å². The Bertz CT molecular complexity index is 770. The van der Waals surface area contributed by atoms with Gasteiger partial charge in [-0.25, -0.2) is 9.18 Å². The van der Waals surface area contributed by atoms with E-state index in [1.165, 1.54) is 24.3 Å². The summed E-state index contributed by atoms with van der Waals surface area (Å²) in [4.78, 5) is 10.8. The van der Waals surface area contributed by atoms with Gasteiger partial charge in [0.1, 0.15) is 5.82 Å². The monoisotopic (exact) mass is 394 g/mol. The van der Waals surface area contributed by atoms with Crippen molar-refractivity contribution in [2.75, 3.05) is 0 Å². The van der Waals surface area contributed by atoms with Gasteiger partial charge in [-0.3, -0.25) is 0 Å². The Balaban J connectivity index is 2.24. The topological polar surface area (TPSA) is 37.3 Å². The van der Waals surface area contributed by atoms with Crippen LogP contribution in [0.4, 0.5) is 17.6 Å². The molecule has 0 heterocycles. The van der Waals surface area contributed by atoms with E-state index in [1.807, 2.05) is 0 Å². The Morgan fingerprint density at radius 1 is 1.08 bits per heavy atom. The summed E-state index contributed by atoms with van der Waals surface area (Å²) in [6.07, 6.45) is -4.98. The second-order valence-electron chi connectivity index (χ2n) is 5.46. The fourth-order valence-corrected chi connectivity index (χ4v) is 3.04. The summed E-state index contributed by atoms with van der Waals surface area (Å²) < 4.78 is 53.8. The summed E-state index contributed by atoms with van der Waals surface area (Å²) in [5, 5.41) is 8.95. The van der Waals surface area contributed by atoms with Gasteiger partial charge in [0.2, 0.25) is 0 Å². The Hall–Kier alpha value is -1.79. The Morgan fingerprint density at radius 2 is 1.68 bits per heavy atom. The lowest BCUT2D eigenvalue weighted by Gasteiger charge is -2.21. The average Bonchev–Trinajstić information content (AvgIpc) is 2.44. The minimum atomic E-state index is -4.53. The maximum absolute atomic E-state index is 13.7. The molecule has 0 aliphatic heterocycles. The molecule has 0 unspecified atom stereocenters. The molecule has 0 saturated carbocycles. The molecule has 0 radical (unpaired) electrons. The van der Waals surface area contributed by atoms with Crippen molar-refractivity contribution in [2.45, 2.75) is 24.9 Å². The van der Waals surface area contributed by atoms with Gasteiger partial charge in [0, 0.05) is 10.0 Å². The number of carboxylic acid groups (broad SMARTS) is 1. The van der Waals surface area contributed by atoms with Crippen LogP contribution in [0.25, 0.3) is 0 Å². The number of rotatable bonds is 5. The van der Waals surface area contributed by atoms with E-state index >= 15 is 0 Å². The number of hydrogen-bond donors (Lipinski definition) is 1. The van der Waals surface area contributed by atoms with Crippen LogP contribution in [0.15, 0.2) is 36.4 Å². The normalized spacial score (nSPS) is 12.9. The van der Waals surface area contributed by atoms with Crippen LogP contribution in [0.2, 0.25) is 10.0 Å². The lowest BCUT2D eigenvalue weighted by Crippen LogP contribution is -2.21. The molecule has 134 valence electrons. The van der Waals surface area contributed by atoms with Gasteiger partial charge in [-0.1, -0.05) is 29.3 Å². The number of alkyl halides is 3. The molecule has 0 aromatic heterocycles. The van der Waals surface area contributed by atoms with Gasteiger partial charge in [0.25, 0.3) is 0 Å². The first kappa shape index (κ1) is 19.5. The van der Waals surface area contributed by atoms with Gasteiger partial charge in [0.15, 0.2) is 0 Å². The highest BCUT2D eigenvalue weighted by atomic mass is 35.5. The number of aromatic carboxylic acids is 1. The fourth-order valence-electron chi connectivity index (χ4n) is 2.49. The van der Waals surface area contributed by atoms with Crippen molar-refractivity contribution in [1.82, 2.24) is 0 Å². The summed E-state index contributed by atoms with van der Waals surface area (Å²) in [6, 6.07) is 6.98. The van der Waals surface area contributed by atoms with E-state index < -0.39 is 29.4 Å². The Morgan fingerprint density at radius 3 is 2.16 bits per heavy atom. The molecule has 8 heteroatoms. The van der Waals surface area contributed by atoms with Gasteiger partial charge in [-0.05, 0) is 54.3 Å². The minimum Gasteiger partial charge on any atom is -0.478 e. The molecule has 2 aromatic carbocycles. The number of hydrogen-bond acceptors (Lipinski definition) is 1. The third-order valence-corrected chi connectivity index (χ3v) is 4.10. The van der Waals surface area contributed by atoms with Gasteiger partial charge < -0.3 is 5.11 Å². The van der Waals surface area contributed by atoms with Crippen molar-refractivity contribution < 1.29 is 27.5 Å². The van der Waals surface area contributed by atoms with Gasteiger partial charge in [-0.15, -0.1) is 0 Å². The van der Waals surface area contributed by atoms with Crippen molar-refractivity contribution in [1.29, 1.82) is 0 Å². The molecular formula is C17H12Cl2F4O2. The highest BCUT2D eigenvalue weighted by Crippen LogP contribution is 2.40. The largest absolute Gasteiger partial charge is 0.478 e. The van der Waals surface area contributed by atoms with Crippen LogP contribution in [0, 0.1) is 5.82 Å². The Labute approximate surface area is 151 Å². The zero-order valence-electron chi connectivity index (χ0n) is 12.6. The van der Waals surface area contributed by atoms with Gasteiger partial charge >= 0.3 is 12.1 Å². The van der Waals surface area contributed by atoms with Crippen LogP contribution >= 0.6 is 23.2 Å². The van der Waals surface area contributed by atoms with Crippen molar-refractivity contribution in [3.8, 4) is 0 Å². The molecule has 0 aliphatic carbocycles. The van der Waals surface area contributed by atoms with E-state index in [0.717, 1.165) is 12.1 Å². The summed E-state index contributed by atoms with van der Waals surface area (Å²) in [6.45, 7) is 0. The number of carbonyl (C=O) groups is 1. The highest BCUT2D eigenvalue weighted by Gasteiger charge is 2.40. The predicted octanol–water partition coefficient (Wildman–Crippen LogP) is 6.11. The zero-order valence-corrected chi connectivity index (χ0v) is 14.1. The molecule has 0 aliphatic rings. The quantitative estimate of drug-likeness (QED) is 0.621. The number of aryl methyl sites for hydroxylation is 1. The number of halogens is 6. The van der Waals surface area contributed by atoms with Crippen molar-refractivity contribution in [3.63, 3.8) is 0 Å². The molecule has 2 rings (SSSR count). The van der Waals surface area contributed by atoms with Crippen molar-refractivity contribution in [3.05, 3.63) is 69.0 Å². The first-order chi connectivity index (χ1) is 11.6. The number of carboxylic acids is 1. The third-order valence-electron chi connectivity index (χ3n) is 3.67. The molecule has 2 aromatic rings. The maximum atomic E-state index is 13.7. The second kappa shape index (κ2) is 7.62. The van der Waals surface area contributed by atoms with Crippen molar-refractivity contribution in [2.24, 2.45) is 0 Å². The highest BCUT2D eigenvalue weighted by molar-refractivity contribution is 6.34. The number of benzene rings is 2. The van der Waals surface area contributed by atoms with Crippen LogP contribution < -0.4 is 0 Å². The maximum Gasteiger partial charge on any atom is 0.395 e. The van der Waals surface area contributed by atoms with Crippen LogP contribution in [0.1, 0.15) is 33.8 Å². The fraction of sp³-hybridized carbons (Fsp3) is 0.235. The molecule has 0 spiro atoms. The standard InChI is InChI=1S/C17H12Cl2F4O2/c18-11-6-10(7-12(19)8-11)14(17(21,22)23)4-2-9-1-3-13(16(24)25)15(20)5-9/h1,3,5-8,14H,2,4H2,(H,24,25)/t14-/m1/s1. The molecule has 25 heavy (non-hydrogen) atoms. The van der Waals surface area contributed by atoms with Crippen LogP contribution in [0.3, 0.4) is 0 Å². The molecular weight excluding hydrogens is 383 g/mol. The SMILES string of the molecule is O=C(O)c1ccc(CC[C@H](c2cc(Cl)cc(Cl)c2)C(F)(F)F)cc1F. The van der Waals surface area contributed by atoms with Crippen LogP contribution in [0.5, 0.6) is 0 Å².